The number of amides is 1. The number of carbonyl (C=O) groups is 1. The molecule has 2 heterocycles. The van der Waals surface area contributed by atoms with Crippen LogP contribution < -0.4 is 15.6 Å². The van der Waals surface area contributed by atoms with Gasteiger partial charge in [-0.05, 0) is 54.6 Å². The molecule has 0 radical (unpaired) electrons. The Labute approximate surface area is 179 Å². The number of hydrogen-bond donors (Lipinski definition) is 2. The third-order valence-electron chi connectivity index (χ3n) is 5.48. The van der Waals surface area contributed by atoms with Crippen molar-refractivity contribution in [3.63, 3.8) is 0 Å². The Morgan fingerprint density at radius 2 is 1.77 bits per heavy atom. The van der Waals surface area contributed by atoms with E-state index in [1.54, 1.807) is 36.4 Å². The van der Waals surface area contributed by atoms with Crippen molar-refractivity contribution in [1.82, 2.24) is 14.6 Å². The number of nitrogens with one attached hydrogen (secondary N) is 2. The molecule has 1 amide bonds. The number of fused-ring (bicyclic) bond motifs is 1. The summed E-state index contributed by atoms with van der Waals surface area (Å²) in [5, 5.41) is 4.12. The molecule has 31 heavy (non-hydrogen) atoms. The molecule has 1 saturated heterocycles. The summed E-state index contributed by atoms with van der Waals surface area (Å²) < 4.78 is 32.2. The third-order valence-corrected chi connectivity index (χ3v) is 7.40. The van der Waals surface area contributed by atoms with Gasteiger partial charge in [-0.25, -0.2) is 8.42 Å². The van der Waals surface area contributed by atoms with E-state index in [1.807, 2.05) is 6.07 Å². The molecule has 8 nitrogen and oxygen atoms in total. The van der Waals surface area contributed by atoms with Crippen LogP contribution in [0.15, 0.2) is 64.3 Å². The minimum Gasteiger partial charge on any atom is -0.497 e. The monoisotopic (exact) mass is 441 g/mol. The lowest BCUT2D eigenvalue weighted by molar-refractivity contribution is 0.0918. The number of pyridine rings is 1. The molecule has 0 aliphatic carbocycles. The van der Waals surface area contributed by atoms with Gasteiger partial charge < -0.3 is 15.0 Å². The van der Waals surface area contributed by atoms with Crippen LogP contribution in [0.25, 0.3) is 10.8 Å². The fourth-order valence-corrected chi connectivity index (χ4v) is 5.20. The number of piperidine rings is 1. The number of H-pyrrole nitrogens is 1. The molecule has 1 fully saturated rings. The summed E-state index contributed by atoms with van der Waals surface area (Å²) in [6.07, 6.45) is 0.970. The standard InChI is InChI=1S/C22H23N3O5S/c1-30-17-6-8-18(9-7-17)31(28,29)25-12-10-16(11-13-25)23-22(27)20-14-15-4-2-3-5-19(15)21(26)24-20/h2-9,14,16H,10-13H2,1H3,(H,23,27)(H,24,26). The fourth-order valence-electron chi connectivity index (χ4n) is 3.73. The number of carbonyl (C=O) groups excluding carboxylic acids is 1. The van der Waals surface area contributed by atoms with E-state index in [0.717, 1.165) is 0 Å². The molecule has 0 atom stereocenters. The Hall–Kier alpha value is -3.17. The Balaban J connectivity index is 1.41. The van der Waals surface area contributed by atoms with E-state index >= 15 is 0 Å². The second-order valence-corrected chi connectivity index (χ2v) is 9.36. The molecule has 162 valence electrons. The van der Waals surface area contributed by atoms with Crippen molar-refractivity contribution in [3.8, 4) is 5.75 Å². The molecule has 2 aromatic carbocycles. The molecule has 9 heteroatoms. The van der Waals surface area contributed by atoms with E-state index in [9.17, 15) is 18.0 Å². The number of benzene rings is 2. The van der Waals surface area contributed by atoms with Gasteiger partial charge in [-0.3, -0.25) is 9.59 Å². The highest BCUT2D eigenvalue weighted by Gasteiger charge is 2.30. The molecule has 1 aromatic heterocycles. The van der Waals surface area contributed by atoms with Crippen LogP contribution in [0.3, 0.4) is 0 Å². The highest BCUT2D eigenvalue weighted by atomic mass is 32.2. The van der Waals surface area contributed by atoms with E-state index < -0.39 is 10.0 Å². The maximum atomic E-state index is 12.9. The van der Waals surface area contributed by atoms with E-state index in [0.29, 0.717) is 42.5 Å². The highest BCUT2D eigenvalue weighted by molar-refractivity contribution is 7.89. The van der Waals surface area contributed by atoms with E-state index in [2.05, 4.69) is 10.3 Å². The third kappa shape index (κ3) is 4.33. The zero-order valence-corrected chi connectivity index (χ0v) is 17.8. The smallest absolute Gasteiger partial charge is 0.268 e. The highest BCUT2D eigenvalue weighted by Crippen LogP contribution is 2.23. The minimum atomic E-state index is -3.60. The van der Waals surface area contributed by atoms with Crippen LogP contribution in [-0.4, -0.2) is 49.9 Å². The van der Waals surface area contributed by atoms with Crippen molar-refractivity contribution < 1.29 is 17.9 Å². The lowest BCUT2D eigenvalue weighted by atomic mass is 10.1. The first kappa shape index (κ1) is 21.1. The largest absolute Gasteiger partial charge is 0.497 e. The molecule has 2 N–H and O–H groups in total. The predicted molar refractivity (Wildman–Crippen MR) is 117 cm³/mol. The molecular weight excluding hydrogens is 418 g/mol. The van der Waals surface area contributed by atoms with Gasteiger partial charge in [0, 0.05) is 24.5 Å². The molecule has 1 aliphatic rings. The van der Waals surface area contributed by atoms with Crippen molar-refractivity contribution in [1.29, 1.82) is 0 Å². The summed E-state index contributed by atoms with van der Waals surface area (Å²) >= 11 is 0. The number of ether oxygens (including phenoxy) is 1. The maximum Gasteiger partial charge on any atom is 0.268 e. The first-order chi connectivity index (χ1) is 14.9. The van der Waals surface area contributed by atoms with E-state index in [-0.39, 0.29) is 28.1 Å². The van der Waals surface area contributed by atoms with Gasteiger partial charge in [0.05, 0.1) is 12.0 Å². The molecular formula is C22H23N3O5S. The van der Waals surface area contributed by atoms with Gasteiger partial charge in [-0.2, -0.15) is 4.31 Å². The normalized spacial score (nSPS) is 15.6. The van der Waals surface area contributed by atoms with Gasteiger partial charge in [0.15, 0.2) is 0 Å². The first-order valence-electron chi connectivity index (χ1n) is 9.95. The van der Waals surface area contributed by atoms with Crippen LogP contribution in [0.1, 0.15) is 23.3 Å². The van der Waals surface area contributed by atoms with Crippen LogP contribution in [-0.2, 0) is 10.0 Å². The summed E-state index contributed by atoms with van der Waals surface area (Å²) in [7, 11) is -2.08. The van der Waals surface area contributed by atoms with Crippen molar-refractivity contribution >= 4 is 26.7 Å². The number of nitrogens with zero attached hydrogens (tertiary/aromatic N) is 1. The zero-order valence-electron chi connectivity index (χ0n) is 17.0. The number of aromatic amines is 1. The molecule has 0 saturated carbocycles. The second-order valence-electron chi connectivity index (χ2n) is 7.43. The van der Waals surface area contributed by atoms with Crippen molar-refractivity contribution in [2.24, 2.45) is 0 Å². The van der Waals surface area contributed by atoms with E-state index in [4.69, 9.17) is 4.74 Å². The number of hydrogen-bond acceptors (Lipinski definition) is 5. The average Bonchev–Trinajstić information content (AvgIpc) is 2.79. The fraction of sp³-hybridized carbons (Fsp3) is 0.273. The number of sulfonamides is 1. The van der Waals surface area contributed by atoms with Gasteiger partial charge in [0.1, 0.15) is 11.4 Å². The van der Waals surface area contributed by atoms with Gasteiger partial charge in [-0.15, -0.1) is 0 Å². The van der Waals surface area contributed by atoms with Gasteiger partial charge >= 0.3 is 0 Å². The summed E-state index contributed by atoms with van der Waals surface area (Å²) in [6.45, 7) is 0.598. The van der Waals surface area contributed by atoms with Crippen molar-refractivity contribution in [3.05, 3.63) is 70.6 Å². The Morgan fingerprint density at radius 1 is 1.10 bits per heavy atom. The molecule has 3 aromatic rings. The summed E-state index contributed by atoms with van der Waals surface area (Å²) in [6, 6.07) is 14.8. The maximum absolute atomic E-state index is 12.9. The van der Waals surface area contributed by atoms with Gasteiger partial charge in [0.2, 0.25) is 10.0 Å². The van der Waals surface area contributed by atoms with Crippen LogP contribution in [0.5, 0.6) is 5.75 Å². The predicted octanol–water partition coefficient (Wildman–Crippen LogP) is 2.12. The summed E-state index contributed by atoms with van der Waals surface area (Å²) in [4.78, 5) is 27.7. The van der Waals surface area contributed by atoms with Crippen LogP contribution in [0, 0.1) is 0 Å². The summed E-state index contributed by atoms with van der Waals surface area (Å²) in [5.74, 6) is 0.214. The van der Waals surface area contributed by atoms with Gasteiger partial charge in [-0.1, -0.05) is 18.2 Å². The van der Waals surface area contributed by atoms with Crippen molar-refractivity contribution in [2.75, 3.05) is 20.2 Å². The molecule has 0 unspecified atom stereocenters. The van der Waals surface area contributed by atoms with Crippen LogP contribution >= 0.6 is 0 Å². The van der Waals surface area contributed by atoms with Crippen molar-refractivity contribution in [2.45, 2.75) is 23.8 Å². The minimum absolute atomic E-state index is 0.176. The quantitative estimate of drug-likeness (QED) is 0.631. The number of methoxy groups -OCH3 is 1. The molecule has 4 rings (SSSR count). The molecule has 0 bridgehead atoms. The average molecular weight is 442 g/mol. The zero-order chi connectivity index (χ0) is 22.0. The number of rotatable bonds is 5. The lowest BCUT2D eigenvalue weighted by Gasteiger charge is -2.31. The molecule has 1 aliphatic heterocycles. The van der Waals surface area contributed by atoms with Crippen LogP contribution in [0.4, 0.5) is 0 Å². The Kier molecular flexibility index (Phi) is 5.79. The number of aromatic nitrogens is 1. The first-order valence-corrected chi connectivity index (χ1v) is 11.4. The van der Waals surface area contributed by atoms with Gasteiger partial charge in [0.25, 0.3) is 11.5 Å². The van der Waals surface area contributed by atoms with E-state index in [1.165, 1.54) is 23.5 Å². The Morgan fingerprint density at radius 3 is 2.45 bits per heavy atom. The Bertz CT molecular complexity index is 1260. The lowest BCUT2D eigenvalue weighted by Crippen LogP contribution is -2.46. The molecule has 0 spiro atoms. The van der Waals surface area contributed by atoms with Crippen LogP contribution in [0.2, 0.25) is 0 Å². The summed E-state index contributed by atoms with van der Waals surface area (Å²) in [5.41, 5.74) is -0.124. The second kappa shape index (κ2) is 8.52. The topological polar surface area (TPSA) is 109 Å². The SMILES string of the molecule is COc1ccc(S(=O)(=O)N2CCC(NC(=O)c3cc4ccccc4c(=O)[nH]3)CC2)cc1.